The summed E-state index contributed by atoms with van der Waals surface area (Å²) >= 11 is 0. The van der Waals surface area contributed by atoms with Crippen molar-refractivity contribution in [2.45, 2.75) is 19.8 Å². The summed E-state index contributed by atoms with van der Waals surface area (Å²) in [6.07, 6.45) is 2.17. The number of aryl methyl sites for hydroxylation is 1. The van der Waals surface area contributed by atoms with E-state index in [0.717, 1.165) is 57.7 Å². The molecule has 0 spiro atoms. The number of carbonyl (C=O) groups excluding carboxylic acids is 1. The van der Waals surface area contributed by atoms with Crippen molar-refractivity contribution in [2.24, 2.45) is 5.73 Å². The van der Waals surface area contributed by atoms with Gasteiger partial charge in [-0.2, -0.15) is 0 Å². The zero-order valence-electron chi connectivity index (χ0n) is 12.7. The molecule has 1 aliphatic heterocycles. The molecular formula is C16H25N3O2. The Kier molecular flexibility index (Phi) is 5.59. The van der Waals surface area contributed by atoms with Gasteiger partial charge in [0, 0.05) is 26.2 Å². The monoisotopic (exact) mass is 291 g/mol. The van der Waals surface area contributed by atoms with Crippen molar-refractivity contribution in [1.82, 2.24) is 9.80 Å². The van der Waals surface area contributed by atoms with Gasteiger partial charge in [0.15, 0.2) is 0 Å². The molecule has 0 unspecified atom stereocenters. The van der Waals surface area contributed by atoms with Gasteiger partial charge >= 0.3 is 0 Å². The molecule has 0 aromatic heterocycles. The first-order valence-corrected chi connectivity index (χ1v) is 7.63. The van der Waals surface area contributed by atoms with Crippen LogP contribution in [0.25, 0.3) is 0 Å². The van der Waals surface area contributed by atoms with Gasteiger partial charge in [0.05, 0.1) is 5.56 Å². The second-order valence-electron chi connectivity index (χ2n) is 5.65. The van der Waals surface area contributed by atoms with Crippen LogP contribution in [-0.2, 0) is 0 Å². The van der Waals surface area contributed by atoms with Gasteiger partial charge in [-0.1, -0.05) is 11.6 Å². The third-order valence-corrected chi connectivity index (χ3v) is 3.97. The molecule has 1 heterocycles. The first-order chi connectivity index (χ1) is 10.1. The van der Waals surface area contributed by atoms with E-state index in [4.69, 9.17) is 5.73 Å². The lowest BCUT2D eigenvalue weighted by Gasteiger charge is -2.34. The molecule has 0 bridgehead atoms. The van der Waals surface area contributed by atoms with Crippen molar-refractivity contribution in [2.75, 3.05) is 39.3 Å². The molecular weight excluding hydrogens is 266 g/mol. The summed E-state index contributed by atoms with van der Waals surface area (Å²) in [6, 6.07) is 5.15. The highest BCUT2D eigenvalue weighted by Crippen LogP contribution is 2.20. The summed E-state index contributed by atoms with van der Waals surface area (Å²) in [5.41, 5.74) is 6.89. The van der Waals surface area contributed by atoms with E-state index in [2.05, 4.69) is 4.90 Å². The van der Waals surface area contributed by atoms with E-state index in [1.807, 2.05) is 17.9 Å². The van der Waals surface area contributed by atoms with E-state index < -0.39 is 0 Å². The van der Waals surface area contributed by atoms with E-state index in [1.54, 1.807) is 12.1 Å². The quantitative estimate of drug-likeness (QED) is 0.800. The second kappa shape index (κ2) is 7.43. The van der Waals surface area contributed by atoms with Crippen LogP contribution in [0.15, 0.2) is 18.2 Å². The Bertz CT molecular complexity index is 482. The number of benzene rings is 1. The van der Waals surface area contributed by atoms with Crippen LogP contribution in [0.5, 0.6) is 5.75 Å². The molecule has 1 aromatic rings. The molecule has 5 nitrogen and oxygen atoms in total. The zero-order valence-corrected chi connectivity index (χ0v) is 12.7. The number of rotatable bonds is 5. The first-order valence-electron chi connectivity index (χ1n) is 7.63. The molecule has 1 aromatic carbocycles. The van der Waals surface area contributed by atoms with Gasteiger partial charge in [-0.05, 0) is 45.0 Å². The molecule has 116 valence electrons. The number of nitrogens with two attached hydrogens (primary N) is 1. The molecule has 1 saturated heterocycles. The van der Waals surface area contributed by atoms with E-state index in [1.165, 1.54) is 0 Å². The maximum Gasteiger partial charge on any atom is 0.257 e. The molecule has 1 aliphatic rings. The van der Waals surface area contributed by atoms with Crippen LogP contribution in [0.2, 0.25) is 0 Å². The van der Waals surface area contributed by atoms with Gasteiger partial charge < -0.3 is 15.7 Å². The van der Waals surface area contributed by atoms with Crippen LogP contribution < -0.4 is 5.73 Å². The summed E-state index contributed by atoms with van der Waals surface area (Å²) in [5.74, 6) is -0.00576. The Morgan fingerprint density at radius 3 is 2.62 bits per heavy atom. The minimum absolute atomic E-state index is 0.0657. The largest absolute Gasteiger partial charge is 0.507 e. The smallest absolute Gasteiger partial charge is 0.257 e. The third kappa shape index (κ3) is 4.19. The highest BCUT2D eigenvalue weighted by molar-refractivity contribution is 5.97. The number of nitrogens with zero attached hydrogens (tertiary/aromatic N) is 2. The van der Waals surface area contributed by atoms with Crippen LogP contribution in [0, 0.1) is 6.92 Å². The number of amides is 1. The molecule has 5 heteroatoms. The van der Waals surface area contributed by atoms with Crippen LogP contribution in [0.1, 0.15) is 28.8 Å². The zero-order chi connectivity index (χ0) is 15.2. The van der Waals surface area contributed by atoms with Crippen molar-refractivity contribution in [3.63, 3.8) is 0 Å². The van der Waals surface area contributed by atoms with Gasteiger partial charge in [-0.15, -0.1) is 0 Å². The third-order valence-electron chi connectivity index (χ3n) is 3.97. The van der Waals surface area contributed by atoms with Gasteiger partial charge in [-0.3, -0.25) is 9.69 Å². The highest BCUT2D eigenvalue weighted by atomic mass is 16.3. The Hall–Kier alpha value is -1.59. The van der Waals surface area contributed by atoms with E-state index in [9.17, 15) is 9.90 Å². The summed E-state index contributed by atoms with van der Waals surface area (Å²) in [4.78, 5) is 16.7. The molecule has 0 radical (unpaired) electrons. The topological polar surface area (TPSA) is 69.8 Å². The summed E-state index contributed by atoms with van der Waals surface area (Å²) in [5, 5.41) is 9.86. The number of unbranched alkanes of at least 4 members (excludes halogenated alkanes) is 1. The molecule has 1 fully saturated rings. The van der Waals surface area contributed by atoms with Crippen molar-refractivity contribution in [1.29, 1.82) is 0 Å². The van der Waals surface area contributed by atoms with E-state index >= 15 is 0 Å². The number of phenols is 1. The van der Waals surface area contributed by atoms with Gasteiger partial charge in [0.1, 0.15) is 5.75 Å². The first kappa shape index (κ1) is 15.8. The minimum Gasteiger partial charge on any atom is -0.507 e. The number of hydrogen-bond acceptors (Lipinski definition) is 4. The average Bonchev–Trinajstić information content (AvgIpc) is 2.50. The molecule has 0 atom stereocenters. The van der Waals surface area contributed by atoms with Gasteiger partial charge in [0.25, 0.3) is 5.91 Å². The summed E-state index contributed by atoms with van der Waals surface area (Å²) < 4.78 is 0. The molecule has 0 aliphatic carbocycles. The van der Waals surface area contributed by atoms with Crippen LogP contribution >= 0.6 is 0 Å². The fourth-order valence-corrected chi connectivity index (χ4v) is 2.65. The maximum atomic E-state index is 12.5. The van der Waals surface area contributed by atoms with Gasteiger partial charge in [0.2, 0.25) is 0 Å². The Labute approximate surface area is 126 Å². The molecule has 2 rings (SSSR count). The molecule has 0 saturated carbocycles. The fraction of sp³-hybridized carbons (Fsp3) is 0.562. The molecule has 21 heavy (non-hydrogen) atoms. The molecule has 3 N–H and O–H groups in total. The SMILES string of the molecule is Cc1ccc(O)c(C(=O)N2CCN(CCCCN)CC2)c1. The van der Waals surface area contributed by atoms with Crippen molar-refractivity contribution < 1.29 is 9.90 Å². The number of phenolic OH excluding ortho intramolecular Hbond substituents is 1. The lowest BCUT2D eigenvalue weighted by atomic mass is 10.1. The minimum atomic E-state index is -0.0715. The van der Waals surface area contributed by atoms with Crippen LogP contribution in [0.4, 0.5) is 0 Å². The average molecular weight is 291 g/mol. The lowest BCUT2D eigenvalue weighted by Crippen LogP contribution is -2.48. The summed E-state index contributed by atoms with van der Waals surface area (Å²) in [7, 11) is 0. The van der Waals surface area contributed by atoms with Crippen molar-refractivity contribution >= 4 is 5.91 Å². The maximum absolute atomic E-state index is 12.5. The second-order valence-corrected chi connectivity index (χ2v) is 5.65. The number of aromatic hydroxyl groups is 1. The van der Waals surface area contributed by atoms with Crippen molar-refractivity contribution in [3.05, 3.63) is 29.3 Å². The van der Waals surface area contributed by atoms with E-state index in [0.29, 0.717) is 5.56 Å². The lowest BCUT2D eigenvalue weighted by molar-refractivity contribution is 0.0632. The number of piperazine rings is 1. The summed E-state index contributed by atoms with van der Waals surface area (Å²) in [6.45, 7) is 6.93. The number of carbonyl (C=O) groups is 1. The van der Waals surface area contributed by atoms with E-state index in [-0.39, 0.29) is 11.7 Å². The van der Waals surface area contributed by atoms with Crippen LogP contribution in [0.3, 0.4) is 0 Å². The Morgan fingerprint density at radius 2 is 1.95 bits per heavy atom. The Morgan fingerprint density at radius 1 is 1.24 bits per heavy atom. The predicted molar refractivity (Wildman–Crippen MR) is 83.5 cm³/mol. The standard InChI is InChI=1S/C16H25N3O2/c1-13-4-5-15(20)14(12-13)16(21)19-10-8-18(9-11-19)7-3-2-6-17/h4-5,12,20H,2-3,6-11,17H2,1H3. The Balaban J connectivity index is 1.89. The fourth-order valence-electron chi connectivity index (χ4n) is 2.65. The predicted octanol–water partition coefficient (Wildman–Crippen LogP) is 1.20. The molecule has 1 amide bonds. The van der Waals surface area contributed by atoms with Crippen LogP contribution in [-0.4, -0.2) is 60.1 Å². The number of hydrogen-bond donors (Lipinski definition) is 2. The van der Waals surface area contributed by atoms with Crippen molar-refractivity contribution in [3.8, 4) is 5.75 Å². The van der Waals surface area contributed by atoms with Gasteiger partial charge in [-0.25, -0.2) is 0 Å². The highest BCUT2D eigenvalue weighted by Gasteiger charge is 2.23. The normalized spacial score (nSPS) is 16.2.